The van der Waals surface area contributed by atoms with E-state index in [0.29, 0.717) is 18.1 Å². The number of hydrogen-bond acceptors (Lipinski definition) is 4. The van der Waals surface area contributed by atoms with Crippen molar-refractivity contribution in [1.29, 1.82) is 0 Å². The van der Waals surface area contributed by atoms with Crippen molar-refractivity contribution in [2.24, 2.45) is 5.16 Å². The van der Waals surface area contributed by atoms with Crippen molar-refractivity contribution >= 4 is 11.6 Å². The zero-order valence-electron chi connectivity index (χ0n) is 14.8. The summed E-state index contributed by atoms with van der Waals surface area (Å²) in [5, 5.41) is 6.66. The Hall–Kier alpha value is -1.88. The number of carbonyl (C=O) groups is 1. The molecule has 2 aliphatic heterocycles. The second-order valence-electron chi connectivity index (χ2n) is 7.28. The summed E-state index contributed by atoms with van der Waals surface area (Å²) in [5.41, 5.74) is 2.89. The molecule has 0 radical (unpaired) electrons. The van der Waals surface area contributed by atoms with E-state index >= 15 is 0 Å². The van der Waals surface area contributed by atoms with Gasteiger partial charge in [-0.05, 0) is 36.4 Å². The highest BCUT2D eigenvalue weighted by Crippen LogP contribution is 2.34. The van der Waals surface area contributed by atoms with Gasteiger partial charge < -0.3 is 10.2 Å². The topological polar surface area (TPSA) is 53.9 Å². The Bertz CT molecular complexity index is 624. The van der Waals surface area contributed by atoms with Gasteiger partial charge in [-0.3, -0.25) is 9.69 Å². The largest absolute Gasteiger partial charge is 0.387 e. The van der Waals surface area contributed by atoms with Crippen molar-refractivity contribution in [3.63, 3.8) is 0 Å². The number of piperidine rings is 1. The average Bonchev–Trinajstić information content (AvgIpc) is 2.98. The quantitative estimate of drug-likeness (QED) is 0.924. The number of amides is 1. The maximum atomic E-state index is 11.8. The van der Waals surface area contributed by atoms with Crippen molar-refractivity contribution in [3.05, 3.63) is 35.4 Å². The van der Waals surface area contributed by atoms with E-state index in [9.17, 15) is 4.79 Å². The van der Waals surface area contributed by atoms with Gasteiger partial charge in [-0.25, -0.2) is 0 Å². The van der Waals surface area contributed by atoms with Crippen LogP contribution < -0.4 is 5.32 Å². The van der Waals surface area contributed by atoms with Gasteiger partial charge in [0.1, 0.15) is 5.71 Å². The summed E-state index contributed by atoms with van der Waals surface area (Å²) in [7, 11) is 1.63. The van der Waals surface area contributed by atoms with Crippen LogP contribution >= 0.6 is 0 Å². The number of carbonyl (C=O) groups excluding carboxylic acids is 1. The number of rotatable bonds is 4. The van der Waals surface area contributed by atoms with Gasteiger partial charge in [0.25, 0.3) is 5.91 Å². The molecule has 1 aromatic carbocycles. The molecule has 0 aromatic heterocycles. The lowest BCUT2D eigenvalue weighted by Crippen LogP contribution is -2.48. The predicted molar refractivity (Wildman–Crippen MR) is 95.0 cm³/mol. The van der Waals surface area contributed by atoms with Crippen LogP contribution in [-0.2, 0) is 16.2 Å². The molecule has 5 heteroatoms. The molecule has 24 heavy (non-hydrogen) atoms. The first-order valence-corrected chi connectivity index (χ1v) is 8.80. The van der Waals surface area contributed by atoms with Gasteiger partial charge in [0.15, 0.2) is 5.60 Å². The van der Waals surface area contributed by atoms with Crippen LogP contribution in [0, 0.1) is 0 Å². The van der Waals surface area contributed by atoms with Crippen molar-refractivity contribution in [3.8, 4) is 0 Å². The molecule has 1 spiro atoms. The van der Waals surface area contributed by atoms with Crippen molar-refractivity contribution in [2.75, 3.05) is 20.1 Å². The summed E-state index contributed by atoms with van der Waals surface area (Å²) < 4.78 is 0. The monoisotopic (exact) mass is 329 g/mol. The highest BCUT2D eigenvalue weighted by atomic mass is 16.7. The lowest BCUT2D eigenvalue weighted by molar-refractivity contribution is -0.114. The second kappa shape index (κ2) is 6.93. The molecule has 1 unspecified atom stereocenters. The van der Waals surface area contributed by atoms with Gasteiger partial charge in [-0.1, -0.05) is 43.3 Å². The molecule has 1 saturated heterocycles. The molecular formula is C19H27N3O2. The second-order valence-corrected chi connectivity index (χ2v) is 7.28. The molecule has 1 aromatic rings. The van der Waals surface area contributed by atoms with Crippen molar-refractivity contribution in [1.82, 2.24) is 10.2 Å². The zero-order chi connectivity index (χ0) is 17.2. The molecule has 0 bridgehead atoms. The number of likely N-dealkylation sites (tertiary alicyclic amines) is 1. The summed E-state index contributed by atoms with van der Waals surface area (Å²) in [6.45, 7) is 7.23. The lowest BCUT2D eigenvalue weighted by atomic mass is 9.88. The SMILES string of the molecule is CNC(=O)C1=NOC2(CCCN(Cc3ccc(C(C)C)cc3)C2)C1. The first-order chi connectivity index (χ1) is 11.5. The number of nitrogens with one attached hydrogen (secondary N) is 1. The van der Waals surface area contributed by atoms with E-state index < -0.39 is 0 Å². The van der Waals surface area contributed by atoms with Crippen LogP contribution in [0.15, 0.2) is 29.4 Å². The van der Waals surface area contributed by atoms with E-state index in [1.807, 2.05) is 0 Å². The summed E-state index contributed by atoms with van der Waals surface area (Å²) >= 11 is 0. The molecule has 1 N–H and O–H groups in total. The minimum absolute atomic E-state index is 0.131. The van der Waals surface area contributed by atoms with Gasteiger partial charge in [0, 0.05) is 26.6 Å². The van der Waals surface area contributed by atoms with E-state index in [-0.39, 0.29) is 11.5 Å². The third-order valence-corrected chi connectivity index (χ3v) is 5.00. The van der Waals surface area contributed by atoms with Gasteiger partial charge in [0.05, 0.1) is 0 Å². The molecule has 2 heterocycles. The maximum Gasteiger partial charge on any atom is 0.268 e. The minimum atomic E-state index is -0.321. The molecule has 1 fully saturated rings. The third-order valence-electron chi connectivity index (χ3n) is 5.00. The van der Waals surface area contributed by atoms with Crippen LogP contribution in [0.5, 0.6) is 0 Å². The van der Waals surface area contributed by atoms with Crippen LogP contribution in [0.4, 0.5) is 0 Å². The molecule has 0 aliphatic carbocycles. The van der Waals surface area contributed by atoms with Crippen LogP contribution in [-0.4, -0.2) is 42.3 Å². The summed E-state index contributed by atoms with van der Waals surface area (Å²) in [4.78, 5) is 19.9. The fourth-order valence-corrected chi connectivity index (χ4v) is 3.60. The maximum absolute atomic E-state index is 11.8. The fraction of sp³-hybridized carbons (Fsp3) is 0.579. The van der Waals surface area contributed by atoms with E-state index in [2.05, 4.69) is 53.5 Å². The Labute approximate surface area is 144 Å². The summed E-state index contributed by atoms with van der Waals surface area (Å²) in [6, 6.07) is 8.88. The number of oxime groups is 1. The number of nitrogens with zero attached hydrogens (tertiary/aromatic N) is 2. The highest BCUT2D eigenvalue weighted by Gasteiger charge is 2.44. The standard InChI is InChI=1S/C19H27N3O2/c1-14(2)16-7-5-15(6-8-16)12-22-10-4-9-19(13-22)11-17(21-24-19)18(23)20-3/h5-8,14H,4,9-13H2,1-3H3,(H,20,23). The minimum Gasteiger partial charge on any atom is -0.387 e. The smallest absolute Gasteiger partial charge is 0.268 e. The van der Waals surface area contributed by atoms with Gasteiger partial charge in [0.2, 0.25) is 0 Å². The Balaban J connectivity index is 1.61. The molecule has 130 valence electrons. The molecule has 2 aliphatic rings. The Kier molecular flexibility index (Phi) is 4.90. The number of benzene rings is 1. The molecule has 3 rings (SSSR count). The Morgan fingerprint density at radius 3 is 2.79 bits per heavy atom. The van der Waals surface area contributed by atoms with Crippen molar-refractivity contribution < 1.29 is 9.63 Å². The van der Waals surface area contributed by atoms with Crippen LogP contribution in [0.1, 0.15) is 50.2 Å². The van der Waals surface area contributed by atoms with Gasteiger partial charge in [-0.15, -0.1) is 0 Å². The van der Waals surface area contributed by atoms with Crippen LogP contribution in [0.2, 0.25) is 0 Å². The van der Waals surface area contributed by atoms with E-state index in [1.54, 1.807) is 7.05 Å². The van der Waals surface area contributed by atoms with Gasteiger partial charge in [-0.2, -0.15) is 0 Å². The van der Waals surface area contributed by atoms with Crippen LogP contribution in [0.3, 0.4) is 0 Å². The van der Waals surface area contributed by atoms with Crippen LogP contribution in [0.25, 0.3) is 0 Å². The first kappa shape index (κ1) is 17.0. The average molecular weight is 329 g/mol. The third kappa shape index (κ3) is 3.61. The van der Waals surface area contributed by atoms with E-state index in [0.717, 1.165) is 32.5 Å². The summed E-state index contributed by atoms with van der Waals surface area (Å²) in [6.07, 6.45) is 2.63. The highest BCUT2D eigenvalue weighted by molar-refractivity contribution is 6.39. The molecule has 0 saturated carbocycles. The zero-order valence-corrected chi connectivity index (χ0v) is 14.8. The van der Waals surface area contributed by atoms with E-state index in [4.69, 9.17) is 4.84 Å². The Morgan fingerprint density at radius 2 is 2.12 bits per heavy atom. The van der Waals surface area contributed by atoms with E-state index in [1.165, 1.54) is 11.1 Å². The molecule has 1 atom stereocenters. The lowest BCUT2D eigenvalue weighted by Gasteiger charge is -2.38. The fourth-order valence-electron chi connectivity index (χ4n) is 3.60. The first-order valence-electron chi connectivity index (χ1n) is 8.80. The summed E-state index contributed by atoms with van der Waals surface area (Å²) in [5.74, 6) is 0.428. The molecule has 1 amide bonds. The Morgan fingerprint density at radius 1 is 1.38 bits per heavy atom. The molecular weight excluding hydrogens is 302 g/mol. The molecule has 5 nitrogen and oxygen atoms in total. The van der Waals surface area contributed by atoms with Crippen molar-refractivity contribution in [2.45, 2.75) is 51.2 Å². The normalized spacial score (nSPS) is 24.1. The van der Waals surface area contributed by atoms with Gasteiger partial charge >= 0.3 is 0 Å². The number of hydrogen-bond donors (Lipinski definition) is 1. The predicted octanol–water partition coefficient (Wildman–Crippen LogP) is 2.67.